The molecule has 138 valence electrons. The second-order valence-corrected chi connectivity index (χ2v) is 7.39. The van der Waals surface area contributed by atoms with Gasteiger partial charge in [0, 0.05) is 18.1 Å². The smallest absolute Gasteiger partial charge is 0.276 e. The lowest BCUT2D eigenvalue weighted by molar-refractivity contribution is 0.0684. The first-order valence-corrected chi connectivity index (χ1v) is 9.58. The van der Waals surface area contributed by atoms with Crippen molar-refractivity contribution in [3.63, 3.8) is 0 Å². The van der Waals surface area contributed by atoms with Gasteiger partial charge < -0.3 is 4.90 Å². The van der Waals surface area contributed by atoms with Gasteiger partial charge in [-0.3, -0.25) is 4.79 Å². The zero-order chi connectivity index (χ0) is 18.6. The number of likely N-dealkylation sites (tertiary alicyclic amines) is 1. The van der Waals surface area contributed by atoms with E-state index in [9.17, 15) is 4.79 Å². The molecule has 1 fully saturated rings. The summed E-state index contributed by atoms with van der Waals surface area (Å²) in [5.74, 6) is 0.578. The van der Waals surface area contributed by atoms with E-state index in [-0.39, 0.29) is 5.91 Å². The topological polar surface area (TPSA) is 51.0 Å². The minimum Gasteiger partial charge on any atom is -0.337 e. The van der Waals surface area contributed by atoms with E-state index in [4.69, 9.17) is 11.6 Å². The van der Waals surface area contributed by atoms with E-state index in [1.165, 1.54) is 5.56 Å². The highest BCUT2D eigenvalue weighted by Crippen LogP contribution is 2.22. The Morgan fingerprint density at radius 3 is 2.44 bits per heavy atom. The van der Waals surface area contributed by atoms with Crippen LogP contribution in [0.3, 0.4) is 0 Å². The average Bonchev–Trinajstić information content (AvgIpc) is 3.20. The Morgan fingerprint density at radius 1 is 1.04 bits per heavy atom. The summed E-state index contributed by atoms with van der Waals surface area (Å²) >= 11 is 5.91. The molecule has 1 aliphatic rings. The van der Waals surface area contributed by atoms with Crippen molar-refractivity contribution < 1.29 is 4.79 Å². The molecule has 2 heterocycles. The lowest BCUT2D eigenvalue weighted by atomic mass is 9.90. The standard InChI is InChI=1S/C21H21ClN4O/c22-18-6-8-19(9-7-18)26-15-20(23-24-26)21(27)25-12-10-17(11-13-25)14-16-4-2-1-3-5-16/h1-9,15,17H,10-14H2. The molecule has 6 heteroatoms. The molecule has 0 spiro atoms. The molecule has 0 aliphatic carbocycles. The fraction of sp³-hybridized carbons (Fsp3) is 0.286. The van der Waals surface area contributed by atoms with Crippen LogP contribution in [0.5, 0.6) is 0 Å². The molecule has 2 aromatic carbocycles. The Hall–Kier alpha value is -2.66. The molecule has 3 aromatic rings. The third kappa shape index (κ3) is 4.19. The lowest BCUT2D eigenvalue weighted by Crippen LogP contribution is -2.39. The number of rotatable bonds is 4. The van der Waals surface area contributed by atoms with Gasteiger partial charge in [-0.2, -0.15) is 0 Å². The van der Waals surface area contributed by atoms with Crippen molar-refractivity contribution in [2.75, 3.05) is 13.1 Å². The molecule has 0 saturated carbocycles. The van der Waals surface area contributed by atoms with Crippen LogP contribution >= 0.6 is 11.6 Å². The molecule has 1 aromatic heterocycles. The first kappa shape index (κ1) is 17.7. The van der Waals surface area contributed by atoms with Crippen LogP contribution in [-0.4, -0.2) is 38.9 Å². The monoisotopic (exact) mass is 380 g/mol. The Kier molecular flexibility index (Phi) is 5.21. The van der Waals surface area contributed by atoms with Gasteiger partial charge >= 0.3 is 0 Å². The minimum absolute atomic E-state index is 0.0478. The molecule has 1 amide bonds. The third-order valence-electron chi connectivity index (χ3n) is 5.07. The maximum absolute atomic E-state index is 12.8. The van der Waals surface area contributed by atoms with E-state index in [0.29, 0.717) is 16.6 Å². The van der Waals surface area contributed by atoms with Crippen LogP contribution in [0.25, 0.3) is 5.69 Å². The molecule has 5 nitrogen and oxygen atoms in total. The number of hydrogen-bond donors (Lipinski definition) is 0. The highest BCUT2D eigenvalue weighted by Gasteiger charge is 2.25. The van der Waals surface area contributed by atoms with Gasteiger partial charge in [0.05, 0.1) is 11.9 Å². The zero-order valence-corrected chi connectivity index (χ0v) is 15.7. The van der Waals surface area contributed by atoms with Crippen LogP contribution in [0.2, 0.25) is 5.02 Å². The van der Waals surface area contributed by atoms with Crippen molar-refractivity contribution in [3.05, 3.63) is 77.1 Å². The molecular formula is C21H21ClN4O. The fourth-order valence-electron chi connectivity index (χ4n) is 3.53. The van der Waals surface area contributed by atoms with Crippen molar-refractivity contribution in [1.82, 2.24) is 19.9 Å². The molecule has 1 aliphatic heterocycles. The maximum Gasteiger partial charge on any atom is 0.276 e. The summed E-state index contributed by atoms with van der Waals surface area (Å²) in [5.41, 5.74) is 2.58. The van der Waals surface area contributed by atoms with E-state index in [1.807, 2.05) is 23.1 Å². The predicted molar refractivity (Wildman–Crippen MR) is 105 cm³/mol. The first-order valence-electron chi connectivity index (χ1n) is 9.20. The second kappa shape index (κ2) is 7.92. The van der Waals surface area contributed by atoms with Crippen LogP contribution in [0.4, 0.5) is 0 Å². The van der Waals surface area contributed by atoms with E-state index >= 15 is 0 Å². The summed E-state index contributed by atoms with van der Waals surface area (Å²) in [4.78, 5) is 14.6. The van der Waals surface area contributed by atoms with Crippen LogP contribution < -0.4 is 0 Å². The van der Waals surface area contributed by atoms with E-state index in [0.717, 1.165) is 38.0 Å². The summed E-state index contributed by atoms with van der Waals surface area (Å²) < 4.78 is 1.60. The van der Waals surface area contributed by atoms with Crippen molar-refractivity contribution in [1.29, 1.82) is 0 Å². The average molecular weight is 381 g/mol. The number of halogens is 1. The molecule has 0 N–H and O–H groups in total. The Bertz CT molecular complexity index is 899. The number of amides is 1. The molecular weight excluding hydrogens is 360 g/mol. The molecule has 4 rings (SSSR count). The summed E-state index contributed by atoms with van der Waals surface area (Å²) in [6.45, 7) is 1.54. The third-order valence-corrected chi connectivity index (χ3v) is 5.32. The minimum atomic E-state index is -0.0478. The normalized spacial score (nSPS) is 15.1. The zero-order valence-electron chi connectivity index (χ0n) is 15.0. The van der Waals surface area contributed by atoms with Crippen LogP contribution in [-0.2, 0) is 6.42 Å². The van der Waals surface area contributed by atoms with Gasteiger partial charge in [-0.05, 0) is 55.0 Å². The summed E-state index contributed by atoms with van der Waals surface area (Å²) in [5, 5.41) is 8.81. The molecule has 0 atom stereocenters. The second-order valence-electron chi connectivity index (χ2n) is 6.95. The number of nitrogens with zero attached hydrogens (tertiary/aromatic N) is 4. The number of carbonyl (C=O) groups excluding carboxylic acids is 1. The van der Waals surface area contributed by atoms with Gasteiger partial charge in [0.15, 0.2) is 5.69 Å². The van der Waals surface area contributed by atoms with E-state index < -0.39 is 0 Å². The number of benzene rings is 2. The predicted octanol–water partition coefficient (Wildman–Crippen LogP) is 4.02. The summed E-state index contributed by atoms with van der Waals surface area (Å²) in [6, 6.07) is 17.8. The van der Waals surface area contributed by atoms with Crippen molar-refractivity contribution in [3.8, 4) is 5.69 Å². The summed E-state index contributed by atoms with van der Waals surface area (Å²) in [7, 11) is 0. The number of aromatic nitrogens is 3. The number of carbonyl (C=O) groups is 1. The summed E-state index contributed by atoms with van der Waals surface area (Å²) in [6.07, 6.45) is 4.80. The highest BCUT2D eigenvalue weighted by atomic mass is 35.5. The highest BCUT2D eigenvalue weighted by molar-refractivity contribution is 6.30. The lowest BCUT2D eigenvalue weighted by Gasteiger charge is -2.31. The maximum atomic E-state index is 12.8. The number of hydrogen-bond acceptors (Lipinski definition) is 3. The fourth-order valence-corrected chi connectivity index (χ4v) is 3.66. The first-order chi connectivity index (χ1) is 13.2. The molecule has 0 radical (unpaired) electrons. The van der Waals surface area contributed by atoms with E-state index in [2.05, 4.69) is 34.6 Å². The van der Waals surface area contributed by atoms with Gasteiger partial charge in [0.25, 0.3) is 5.91 Å². The van der Waals surface area contributed by atoms with E-state index in [1.54, 1.807) is 23.0 Å². The Labute approximate surface area is 163 Å². The molecule has 0 bridgehead atoms. The van der Waals surface area contributed by atoms with Gasteiger partial charge in [0.2, 0.25) is 0 Å². The van der Waals surface area contributed by atoms with Gasteiger partial charge in [0.1, 0.15) is 0 Å². The van der Waals surface area contributed by atoms with Gasteiger partial charge in [-0.1, -0.05) is 47.1 Å². The molecule has 27 heavy (non-hydrogen) atoms. The SMILES string of the molecule is O=C(c1cn(-c2ccc(Cl)cc2)nn1)N1CCC(Cc2ccccc2)CC1. The van der Waals surface area contributed by atoms with Gasteiger partial charge in [-0.15, -0.1) is 5.10 Å². The van der Waals surface area contributed by atoms with Crippen LogP contribution in [0, 0.1) is 5.92 Å². The molecule has 1 saturated heterocycles. The Balaban J connectivity index is 1.36. The van der Waals surface area contributed by atoms with Crippen molar-refractivity contribution in [2.24, 2.45) is 5.92 Å². The molecule has 0 unspecified atom stereocenters. The Morgan fingerprint density at radius 2 is 1.74 bits per heavy atom. The van der Waals surface area contributed by atoms with Crippen LogP contribution in [0.15, 0.2) is 60.8 Å². The quantitative estimate of drug-likeness (QED) is 0.687. The van der Waals surface area contributed by atoms with Crippen molar-refractivity contribution in [2.45, 2.75) is 19.3 Å². The van der Waals surface area contributed by atoms with Crippen molar-refractivity contribution >= 4 is 17.5 Å². The number of piperidine rings is 1. The van der Waals surface area contributed by atoms with Gasteiger partial charge in [-0.25, -0.2) is 4.68 Å². The largest absolute Gasteiger partial charge is 0.337 e. The van der Waals surface area contributed by atoms with Crippen LogP contribution in [0.1, 0.15) is 28.9 Å².